The molecule has 0 radical (unpaired) electrons. The number of halogens is 2. The highest BCUT2D eigenvalue weighted by atomic mass is 35.5. The molecular weight excluding hydrogens is 781 g/mol. The Morgan fingerprint density at radius 2 is 1.32 bits per heavy atom. The van der Waals surface area contributed by atoms with Crippen molar-refractivity contribution in [3.63, 3.8) is 0 Å². The van der Waals surface area contributed by atoms with E-state index in [0.29, 0.717) is 6.07 Å². The number of azo groups is 1. The normalized spacial score (nSPS) is 12.7. The van der Waals surface area contributed by atoms with Crippen LogP contribution in [-0.2, 0) is 25.7 Å². The van der Waals surface area contributed by atoms with Crippen LogP contribution in [0, 0.1) is 0 Å². The first-order valence-corrected chi connectivity index (χ1v) is 18.3. The van der Waals surface area contributed by atoms with Crippen molar-refractivity contribution in [3.8, 4) is 17.3 Å². The van der Waals surface area contributed by atoms with Gasteiger partial charge in [-0.15, -0.1) is 20.4 Å². The van der Waals surface area contributed by atoms with Crippen molar-refractivity contribution >= 4 is 88.6 Å². The molecule has 0 unspecified atom stereocenters. The summed E-state index contributed by atoms with van der Waals surface area (Å²) in [4.78, 5) is 22.8. The number of aromatic hydroxyl groups is 1. The fraction of sp³-hybridized carbons (Fsp3) is 0.129. The fourth-order valence-electron chi connectivity index (χ4n) is 5.25. The third kappa shape index (κ3) is 7.02. The maximum Gasteiger partial charge on any atom is 0.335 e. The van der Waals surface area contributed by atoms with Crippen LogP contribution in [0.3, 0.4) is 0 Å². The zero-order chi connectivity index (χ0) is 38.9. The number of rotatable bonds is 8. The van der Waals surface area contributed by atoms with Gasteiger partial charge in [0.2, 0.25) is 5.88 Å². The average molecular weight is 805 g/mol. The predicted octanol–water partition coefficient (Wildman–Crippen LogP) is 6.37. The van der Waals surface area contributed by atoms with Gasteiger partial charge in [0.05, 0.1) is 43.1 Å². The van der Waals surface area contributed by atoms with Crippen LogP contribution in [-0.4, -0.2) is 78.0 Å². The molecule has 0 spiro atoms. The second-order valence-electron chi connectivity index (χ2n) is 12.4. The smallest absolute Gasteiger partial charge is 0.335 e. The van der Waals surface area contributed by atoms with E-state index in [1.54, 1.807) is 20.8 Å². The molecule has 2 heterocycles. The van der Waals surface area contributed by atoms with Crippen LogP contribution < -0.4 is 0 Å². The first kappa shape index (κ1) is 37.3. The maximum atomic E-state index is 12.1. The number of aromatic nitrogens is 5. The Morgan fingerprint density at radius 1 is 0.736 bits per heavy atom. The van der Waals surface area contributed by atoms with E-state index >= 15 is 0 Å². The second-order valence-corrected chi connectivity index (χ2v) is 16.0. The van der Waals surface area contributed by atoms with Crippen molar-refractivity contribution < 1.29 is 50.8 Å². The molecular formula is C31H23Cl2N7O11S2. The van der Waals surface area contributed by atoms with Gasteiger partial charge in [-0.3, -0.25) is 9.11 Å². The first-order valence-electron chi connectivity index (χ1n) is 14.7. The van der Waals surface area contributed by atoms with Crippen molar-refractivity contribution in [2.45, 2.75) is 36.0 Å². The number of nitrogens with zero attached hydrogens (tertiary/aromatic N) is 7. The predicted molar refractivity (Wildman–Crippen MR) is 188 cm³/mol. The Bertz CT molecular complexity index is 2770. The first-order chi connectivity index (χ1) is 24.5. The van der Waals surface area contributed by atoms with Crippen LogP contribution in [0.1, 0.15) is 47.2 Å². The van der Waals surface area contributed by atoms with Crippen molar-refractivity contribution in [1.29, 1.82) is 0 Å². The van der Waals surface area contributed by atoms with Gasteiger partial charge in [-0.25, -0.2) is 9.59 Å². The number of carboxylic acid groups (broad SMARTS) is 2. The van der Waals surface area contributed by atoms with Gasteiger partial charge in [0, 0.05) is 16.2 Å². The summed E-state index contributed by atoms with van der Waals surface area (Å²) >= 11 is 13.1. The molecule has 6 rings (SSSR count). The van der Waals surface area contributed by atoms with Crippen molar-refractivity contribution in [1.82, 2.24) is 24.8 Å². The Balaban J connectivity index is 1.44. The van der Waals surface area contributed by atoms with E-state index in [2.05, 4.69) is 25.5 Å². The van der Waals surface area contributed by atoms with Gasteiger partial charge in [-0.2, -0.15) is 31.4 Å². The van der Waals surface area contributed by atoms with Gasteiger partial charge >= 0.3 is 11.9 Å². The zero-order valence-corrected chi connectivity index (χ0v) is 30.2. The molecule has 0 saturated carbocycles. The Hall–Kier alpha value is -5.51. The number of hydrogen-bond donors (Lipinski definition) is 5. The highest BCUT2D eigenvalue weighted by Crippen LogP contribution is 2.43. The molecule has 0 fully saturated rings. The van der Waals surface area contributed by atoms with Gasteiger partial charge < -0.3 is 15.3 Å². The van der Waals surface area contributed by atoms with E-state index < -0.39 is 53.3 Å². The molecule has 4 aromatic carbocycles. The summed E-state index contributed by atoms with van der Waals surface area (Å²) in [5.41, 5.74) is -1.36. The molecule has 0 aliphatic carbocycles. The molecule has 0 amide bonds. The monoisotopic (exact) mass is 803 g/mol. The molecule has 0 saturated heterocycles. The molecule has 0 atom stereocenters. The van der Waals surface area contributed by atoms with E-state index in [-0.39, 0.29) is 71.4 Å². The lowest BCUT2D eigenvalue weighted by Crippen LogP contribution is -2.13. The lowest BCUT2D eigenvalue weighted by Gasteiger charge is -2.15. The zero-order valence-electron chi connectivity index (χ0n) is 27.1. The second kappa shape index (κ2) is 12.9. The number of aromatic carboxylic acids is 2. The molecule has 6 aromatic rings. The lowest BCUT2D eigenvalue weighted by atomic mass is 9.91. The van der Waals surface area contributed by atoms with E-state index in [1.807, 2.05) is 0 Å². The third-order valence-corrected chi connectivity index (χ3v) is 9.98. The summed E-state index contributed by atoms with van der Waals surface area (Å²) in [6.07, 6.45) is 0. The minimum atomic E-state index is -4.95. The highest BCUT2D eigenvalue weighted by Gasteiger charge is 2.29. The summed E-state index contributed by atoms with van der Waals surface area (Å²) in [5.74, 6) is -3.42. The van der Waals surface area contributed by atoms with Crippen LogP contribution >= 0.6 is 23.2 Å². The van der Waals surface area contributed by atoms with E-state index in [0.717, 1.165) is 33.7 Å². The average Bonchev–Trinajstić information content (AvgIpc) is 3.64. The third-order valence-electron chi connectivity index (χ3n) is 7.68. The Labute approximate surface area is 308 Å². The van der Waals surface area contributed by atoms with Gasteiger partial charge in [-0.1, -0.05) is 50.0 Å². The molecule has 0 aliphatic heterocycles. The fourth-order valence-corrected chi connectivity index (χ4v) is 7.14. The highest BCUT2D eigenvalue weighted by molar-refractivity contribution is 7.86. The van der Waals surface area contributed by atoms with Crippen LogP contribution in [0.2, 0.25) is 10.0 Å². The largest absolute Gasteiger partial charge is 0.492 e. The topological polar surface area (TPSA) is 277 Å². The van der Waals surface area contributed by atoms with Crippen LogP contribution in [0.25, 0.3) is 33.2 Å². The number of fused-ring (bicyclic) bond motifs is 3. The summed E-state index contributed by atoms with van der Waals surface area (Å²) in [6.45, 7) is 5.25. The van der Waals surface area contributed by atoms with Gasteiger partial charge in [0.15, 0.2) is 5.69 Å². The van der Waals surface area contributed by atoms with Crippen LogP contribution in [0.5, 0.6) is 5.88 Å². The molecule has 5 N–H and O–H groups in total. The maximum absolute atomic E-state index is 12.1. The molecule has 0 bridgehead atoms. The van der Waals surface area contributed by atoms with E-state index in [9.17, 15) is 50.8 Å². The minimum Gasteiger partial charge on any atom is -0.492 e. The van der Waals surface area contributed by atoms with Gasteiger partial charge in [-0.05, 0) is 48.5 Å². The van der Waals surface area contributed by atoms with Gasteiger partial charge in [0.25, 0.3) is 20.2 Å². The van der Waals surface area contributed by atoms with Crippen molar-refractivity contribution in [2.24, 2.45) is 10.2 Å². The molecule has 53 heavy (non-hydrogen) atoms. The lowest BCUT2D eigenvalue weighted by molar-refractivity contribution is 0.0696. The molecule has 274 valence electrons. The summed E-state index contributed by atoms with van der Waals surface area (Å²) in [5, 5.41) is 51.3. The molecule has 18 nitrogen and oxygen atoms in total. The van der Waals surface area contributed by atoms with Crippen molar-refractivity contribution in [2.75, 3.05) is 0 Å². The number of carboxylic acids is 2. The standard InChI is InChI=1S/C31H23Cl2N7O11S2/c1-31(2,3)27-26(28(41)39(38-27)15-7-13(29(42)43)6-14(8-15)30(44)45)35-34-25-20(32)9-16(10-21(25)33)40-36-22-5-4-18-19(24(22)37-40)11-17(52(46,47)48)12-23(18)53(49,50)51/h4-12,41H,1-3H3,(H,42,43)(H,44,45)(H,46,47,48)(H,49,50,51). The summed E-state index contributed by atoms with van der Waals surface area (Å²) < 4.78 is 68.4. The Kier molecular flexibility index (Phi) is 9.04. The quantitative estimate of drug-likeness (QED) is 0.0825. The summed E-state index contributed by atoms with van der Waals surface area (Å²) in [6, 6.07) is 10.1. The van der Waals surface area contributed by atoms with Gasteiger partial charge in [0.1, 0.15) is 21.6 Å². The number of hydrogen-bond acceptors (Lipinski definition) is 12. The van der Waals surface area contributed by atoms with E-state index in [4.69, 9.17) is 23.2 Å². The minimum absolute atomic E-state index is 0.0135. The van der Waals surface area contributed by atoms with E-state index in [1.165, 1.54) is 24.3 Å². The SMILES string of the molecule is CC(C)(C)c1nn(-c2cc(C(=O)O)cc(C(=O)O)c2)c(O)c1N=Nc1c(Cl)cc(-n2nc3ccc4c(S(=O)(=O)O)cc(S(=O)(=O)O)cc4c3n2)cc1Cl. The molecule has 0 aliphatic rings. The summed E-state index contributed by atoms with van der Waals surface area (Å²) in [7, 11) is -9.87. The molecule has 22 heteroatoms. The Morgan fingerprint density at radius 3 is 1.85 bits per heavy atom. The number of benzene rings is 4. The van der Waals surface area contributed by atoms with Crippen LogP contribution in [0.15, 0.2) is 74.6 Å². The van der Waals surface area contributed by atoms with Crippen molar-refractivity contribution in [3.05, 3.63) is 81.5 Å². The number of carbonyl (C=O) groups is 2. The molecule has 2 aromatic heterocycles. The van der Waals surface area contributed by atoms with Crippen LogP contribution in [0.4, 0.5) is 11.4 Å².